The summed E-state index contributed by atoms with van der Waals surface area (Å²) in [4.78, 5) is 24.9. The largest absolute Gasteiger partial charge is 0.497 e. The summed E-state index contributed by atoms with van der Waals surface area (Å²) in [7, 11) is -2.16. The van der Waals surface area contributed by atoms with Gasteiger partial charge in [0.25, 0.3) is 0 Å². The van der Waals surface area contributed by atoms with Gasteiger partial charge in [-0.2, -0.15) is 4.31 Å². The van der Waals surface area contributed by atoms with Crippen LogP contribution in [0, 0.1) is 5.92 Å². The van der Waals surface area contributed by atoms with Gasteiger partial charge in [-0.25, -0.2) is 8.42 Å². The molecule has 1 heterocycles. The van der Waals surface area contributed by atoms with Crippen molar-refractivity contribution in [1.82, 2.24) is 14.9 Å². The third-order valence-corrected chi connectivity index (χ3v) is 7.72. The summed E-state index contributed by atoms with van der Waals surface area (Å²) in [5.74, 6) is -0.345. The lowest BCUT2D eigenvalue weighted by atomic mass is 9.95. The summed E-state index contributed by atoms with van der Waals surface area (Å²) in [6.45, 7) is 0.418. The number of nitrogens with one attached hydrogen (secondary N) is 2. The molecule has 0 bridgehead atoms. The van der Waals surface area contributed by atoms with Gasteiger partial charge in [-0.1, -0.05) is 19.3 Å². The predicted molar refractivity (Wildman–Crippen MR) is 113 cm³/mol. The molecule has 1 aromatic rings. The molecule has 166 valence electrons. The number of nitrogens with zero attached hydrogens (tertiary/aromatic N) is 1. The van der Waals surface area contributed by atoms with E-state index in [1.165, 1.54) is 30.0 Å². The lowest BCUT2D eigenvalue weighted by Gasteiger charge is -2.31. The van der Waals surface area contributed by atoms with Crippen LogP contribution in [0.4, 0.5) is 0 Å². The second-order valence-corrected chi connectivity index (χ2v) is 9.94. The minimum atomic E-state index is -3.69. The molecule has 2 aliphatic rings. The number of carbonyl (C=O) groups excluding carboxylic acids is 2. The van der Waals surface area contributed by atoms with Crippen LogP contribution in [0.15, 0.2) is 29.2 Å². The fraction of sp³-hybridized carbons (Fsp3) is 0.619. The van der Waals surface area contributed by atoms with Gasteiger partial charge in [-0.3, -0.25) is 9.59 Å². The van der Waals surface area contributed by atoms with Crippen molar-refractivity contribution in [3.05, 3.63) is 24.3 Å². The number of ether oxygens (including phenoxy) is 1. The Morgan fingerprint density at radius 3 is 2.43 bits per heavy atom. The first-order valence-electron chi connectivity index (χ1n) is 10.6. The van der Waals surface area contributed by atoms with Crippen molar-refractivity contribution in [3.63, 3.8) is 0 Å². The Morgan fingerprint density at radius 1 is 1.07 bits per heavy atom. The highest BCUT2D eigenvalue weighted by Gasteiger charge is 2.33. The quantitative estimate of drug-likeness (QED) is 0.675. The summed E-state index contributed by atoms with van der Waals surface area (Å²) in [5, 5.41) is 5.65. The maximum Gasteiger partial charge on any atom is 0.243 e. The number of sulfonamides is 1. The van der Waals surface area contributed by atoms with Gasteiger partial charge in [0, 0.05) is 19.1 Å². The van der Waals surface area contributed by atoms with Crippen molar-refractivity contribution in [2.75, 3.05) is 26.7 Å². The first kappa shape index (κ1) is 22.6. The van der Waals surface area contributed by atoms with Gasteiger partial charge in [0.05, 0.1) is 24.5 Å². The van der Waals surface area contributed by atoms with Gasteiger partial charge in [0.2, 0.25) is 21.8 Å². The zero-order valence-corrected chi connectivity index (χ0v) is 18.2. The van der Waals surface area contributed by atoms with Gasteiger partial charge in [-0.05, 0) is 49.9 Å². The number of rotatable bonds is 7. The monoisotopic (exact) mass is 437 g/mol. The van der Waals surface area contributed by atoms with E-state index in [4.69, 9.17) is 4.74 Å². The highest BCUT2D eigenvalue weighted by Crippen LogP contribution is 2.25. The van der Waals surface area contributed by atoms with Crippen molar-refractivity contribution in [3.8, 4) is 5.75 Å². The highest BCUT2D eigenvalue weighted by atomic mass is 32.2. The molecule has 1 unspecified atom stereocenters. The van der Waals surface area contributed by atoms with E-state index >= 15 is 0 Å². The third kappa shape index (κ3) is 5.72. The van der Waals surface area contributed by atoms with Gasteiger partial charge in [-0.15, -0.1) is 0 Å². The van der Waals surface area contributed by atoms with Crippen LogP contribution in [-0.2, 0) is 19.6 Å². The molecule has 2 N–H and O–H groups in total. The van der Waals surface area contributed by atoms with Crippen LogP contribution in [0.2, 0.25) is 0 Å². The van der Waals surface area contributed by atoms with E-state index in [9.17, 15) is 18.0 Å². The van der Waals surface area contributed by atoms with Crippen LogP contribution in [0.1, 0.15) is 44.9 Å². The first-order chi connectivity index (χ1) is 14.4. The summed E-state index contributed by atoms with van der Waals surface area (Å²) in [6.07, 6.45) is 6.63. The molecule has 1 aliphatic carbocycles. The summed E-state index contributed by atoms with van der Waals surface area (Å²) < 4.78 is 32.3. The maximum absolute atomic E-state index is 12.9. The molecular weight excluding hydrogens is 406 g/mol. The van der Waals surface area contributed by atoms with E-state index in [1.807, 2.05) is 0 Å². The van der Waals surface area contributed by atoms with Crippen LogP contribution < -0.4 is 15.4 Å². The molecular formula is C21H31N3O5S. The molecule has 0 spiro atoms. The van der Waals surface area contributed by atoms with Crippen molar-refractivity contribution in [2.45, 2.75) is 55.9 Å². The molecule has 1 saturated carbocycles. The van der Waals surface area contributed by atoms with Gasteiger partial charge >= 0.3 is 0 Å². The predicted octanol–water partition coefficient (Wildman–Crippen LogP) is 1.66. The molecule has 2 fully saturated rings. The second kappa shape index (κ2) is 10.3. The van der Waals surface area contributed by atoms with E-state index in [-0.39, 0.29) is 35.8 Å². The molecule has 3 rings (SSSR count). The second-order valence-electron chi connectivity index (χ2n) is 8.00. The normalized spacial score (nSPS) is 21.0. The smallest absolute Gasteiger partial charge is 0.243 e. The van der Waals surface area contributed by atoms with Gasteiger partial charge in [0.1, 0.15) is 5.75 Å². The fourth-order valence-electron chi connectivity index (χ4n) is 4.11. The van der Waals surface area contributed by atoms with Crippen LogP contribution in [-0.4, -0.2) is 57.3 Å². The number of benzene rings is 1. The Labute approximate surface area is 178 Å². The highest BCUT2D eigenvalue weighted by molar-refractivity contribution is 7.89. The van der Waals surface area contributed by atoms with Crippen molar-refractivity contribution < 1.29 is 22.7 Å². The van der Waals surface area contributed by atoms with E-state index in [0.29, 0.717) is 25.1 Å². The maximum atomic E-state index is 12.9. The summed E-state index contributed by atoms with van der Waals surface area (Å²) in [5.41, 5.74) is 0. The SMILES string of the molecule is COc1ccc(S(=O)(=O)N2CCCC(C(=O)NCC(=O)NC3CCCCC3)C2)cc1. The van der Waals surface area contributed by atoms with Crippen molar-refractivity contribution in [1.29, 1.82) is 0 Å². The van der Waals surface area contributed by atoms with Crippen molar-refractivity contribution in [2.24, 2.45) is 5.92 Å². The number of amides is 2. The lowest BCUT2D eigenvalue weighted by Crippen LogP contribution is -2.48. The average molecular weight is 438 g/mol. The van der Waals surface area contributed by atoms with E-state index < -0.39 is 15.9 Å². The first-order valence-corrected chi connectivity index (χ1v) is 12.1. The summed E-state index contributed by atoms with van der Waals surface area (Å²) >= 11 is 0. The molecule has 1 aromatic carbocycles. The van der Waals surface area contributed by atoms with Crippen LogP contribution in [0.3, 0.4) is 0 Å². The number of carbonyl (C=O) groups is 2. The van der Waals surface area contributed by atoms with Crippen LogP contribution in [0.5, 0.6) is 5.75 Å². The molecule has 1 aliphatic heterocycles. The topological polar surface area (TPSA) is 105 Å². The molecule has 2 amide bonds. The number of methoxy groups -OCH3 is 1. The minimum Gasteiger partial charge on any atom is -0.497 e. The standard InChI is InChI=1S/C21H31N3O5S/c1-29-18-9-11-19(12-10-18)30(27,28)24-13-5-6-16(15-24)21(26)22-14-20(25)23-17-7-3-2-4-8-17/h9-12,16-17H,2-8,13-15H2,1H3,(H,22,26)(H,23,25). The third-order valence-electron chi connectivity index (χ3n) is 5.85. The van der Waals surface area contributed by atoms with Gasteiger partial charge in [0.15, 0.2) is 0 Å². The number of hydrogen-bond donors (Lipinski definition) is 2. The van der Waals surface area contributed by atoms with Crippen LogP contribution >= 0.6 is 0 Å². The minimum absolute atomic E-state index is 0.0724. The lowest BCUT2D eigenvalue weighted by molar-refractivity contribution is -0.129. The van der Waals surface area contributed by atoms with E-state index in [1.54, 1.807) is 12.1 Å². The zero-order valence-electron chi connectivity index (χ0n) is 17.4. The molecule has 30 heavy (non-hydrogen) atoms. The van der Waals surface area contributed by atoms with Gasteiger partial charge < -0.3 is 15.4 Å². The molecule has 1 saturated heterocycles. The van der Waals surface area contributed by atoms with E-state index in [2.05, 4.69) is 10.6 Å². The molecule has 0 radical (unpaired) electrons. The zero-order chi connectivity index (χ0) is 21.6. The average Bonchev–Trinajstić information content (AvgIpc) is 2.78. The number of hydrogen-bond acceptors (Lipinski definition) is 5. The molecule has 9 heteroatoms. The summed E-state index contributed by atoms with van der Waals surface area (Å²) in [6, 6.07) is 6.42. The van der Waals surface area contributed by atoms with Crippen molar-refractivity contribution >= 4 is 21.8 Å². The Hall–Kier alpha value is -2.13. The molecule has 1 atom stereocenters. The van der Waals surface area contributed by atoms with Crippen LogP contribution in [0.25, 0.3) is 0 Å². The Morgan fingerprint density at radius 2 is 1.77 bits per heavy atom. The fourth-order valence-corrected chi connectivity index (χ4v) is 5.63. The Bertz CT molecular complexity index is 835. The van der Waals surface area contributed by atoms with E-state index in [0.717, 1.165) is 25.7 Å². The Kier molecular flexibility index (Phi) is 7.71. The number of piperidine rings is 1. The Balaban J connectivity index is 1.52. The molecule has 8 nitrogen and oxygen atoms in total. The molecule has 0 aromatic heterocycles.